The molecule has 0 heterocycles. The van der Waals surface area contributed by atoms with Gasteiger partial charge in [-0.2, -0.15) is 9.98 Å². The monoisotopic (exact) mass is 264 g/mol. The molecule has 0 N–H and O–H groups in total. The lowest BCUT2D eigenvalue weighted by Crippen LogP contribution is -1.83. The van der Waals surface area contributed by atoms with Crippen LogP contribution in [0.5, 0.6) is 0 Å². The van der Waals surface area contributed by atoms with Crippen molar-refractivity contribution in [3.63, 3.8) is 0 Å². The first-order valence-corrected chi connectivity index (χ1v) is 6.79. The molecule has 0 aliphatic heterocycles. The fourth-order valence-corrected chi connectivity index (χ4v) is 2.46. The number of aryl methyl sites for hydroxylation is 5. The zero-order valence-electron chi connectivity index (χ0n) is 12.8. The van der Waals surface area contributed by atoms with Crippen LogP contribution in [0.1, 0.15) is 27.8 Å². The van der Waals surface area contributed by atoms with Gasteiger partial charge in [0.1, 0.15) is 6.01 Å². The van der Waals surface area contributed by atoms with Crippen molar-refractivity contribution < 1.29 is 0 Å². The van der Waals surface area contributed by atoms with Gasteiger partial charge in [-0.05, 0) is 56.9 Å². The third-order valence-electron chi connectivity index (χ3n) is 3.40. The molecule has 0 aromatic heterocycles. The van der Waals surface area contributed by atoms with Crippen LogP contribution < -0.4 is 0 Å². The summed E-state index contributed by atoms with van der Waals surface area (Å²) in [7, 11) is 0. The third-order valence-corrected chi connectivity index (χ3v) is 3.40. The molecule has 0 aliphatic carbocycles. The summed E-state index contributed by atoms with van der Waals surface area (Å²) in [6, 6.07) is 13.3. The van der Waals surface area contributed by atoms with E-state index in [-0.39, 0.29) is 0 Å². The van der Waals surface area contributed by atoms with Gasteiger partial charge < -0.3 is 0 Å². The van der Waals surface area contributed by atoms with Gasteiger partial charge in [0.2, 0.25) is 0 Å². The van der Waals surface area contributed by atoms with Gasteiger partial charge in [-0.15, -0.1) is 0 Å². The van der Waals surface area contributed by atoms with Crippen LogP contribution in [0.3, 0.4) is 0 Å². The standard InChI is InChI=1S/C18H20N2/c1-12-9-15(4)18(16(5)10-12)20-11-19-17-13(2)7-6-8-14(17)3/h6-10H,1-5H3. The van der Waals surface area contributed by atoms with Gasteiger partial charge in [0.05, 0.1) is 11.4 Å². The van der Waals surface area contributed by atoms with Crippen molar-refractivity contribution in [1.82, 2.24) is 0 Å². The highest BCUT2D eigenvalue weighted by molar-refractivity contribution is 5.65. The van der Waals surface area contributed by atoms with Gasteiger partial charge in [-0.3, -0.25) is 0 Å². The van der Waals surface area contributed by atoms with E-state index in [4.69, 9.17) is 0 Å². The summed E-state index contributed by atoms with van der Waals surface area (Å²) in [6.07, 6.45) is 0. The molecule has 2 heteroatoms. The minimum atomic E-state index is 0.957. The summed E-state index contributed by atoms with van der Waals surface area (Å²) in [5.41, 5.74) is 7.78. The maximum atomic E-state index is 4.41. The molecule has 102 valence electrons. The first-order chi connectivity index (χ1) is 9.49. The van der Waals surface area contributed by atoms with E-state index in [0.717, 1.165) is 33.6 Å². The van der Waals surface area contributed by atoms with E-state index < -0.39 is 0 Å². The van der Waals surface area contributed by atoms with E-state index in [0.29, 0.717) is 0 Å². The second-order valence-corrected chi connectivity index (χ2v) is 5.31. The summed E-state index contributed by atoms with van der Waals surface area (Å²) in [6.45, 7) is 10.3. The molecule has 0 aliphatic rings. The summed E-state index contributed by atoms with van der Waals surface area (Å²) in [5.74, 6) is 0. The Labute approximate surface area is 120 Å². The predicted molar refractivity (Wildman–Crippen MR) is 85.8 cm³/mol. The Kier molecular flexibility index (Phi) is 4.16. The maximum Gasteiger partial charge on any atom is 0.101 e. The second-order valence-electron chi connectivity index (χ2n) is 5.31. The van der Waals surface area contributed by atoms with Crippen LogP contribution in [0, 0.1) is 34.6 Å². The van der Waals surface area contributed by atoms with Gasteiger partial charge in [-0.1, -0.05) is 35.9 Å². The Hall–Kier alpha value is -2.18. The Balaban J connectivity index is 2.42. The molecule has 0 bridgehead atoms. The normalized spacial score (nSPS) is 10.1. The molecule has 0 atom stereocenters. The van der Waals surface area contributed by atoms with E-state index in [9.17, 15) is 0 Å². The first-order valence-electron chi connectivity index (χ1n) is 6.79. The van der Waals surface area contributed by atoms with Gasteiger partial charge in [0, 0.05) is 0 Å². The highest BCUT2D eigenvalue weighted by atomic mass is 14.8. The molecule has 0 unspecified atom stereocenters. The van der Waals surface area contributed by atoms with Crippen LogP contribution in [0.2, 0.25) is 0 Å². The average molecular weight is 264 g/mol. The highest BCUT2D eigenvalue weighted by Crippen LogP contribution is 2.25. The number of benzene rings is 2. The molecule has 0 amide bonds. The number of para-hydroxylation sites is 1. The fraction of sp³-hybridized carbons (Fsp3) is 0.278. The van der Waals surface area contributed by atoms with Crippen LogP contribution in [-0.2, 0) is 0 Å². The minimum absolute atomic E-state index is 0.957. The van der Waals surface area contributed by atoms with E-state index in [1.807, 2.05) is 6.07 Å². The van der Waals surface area contributed by atoms with Crippen LogP contribution in [0.4, 0.5) is 11.4 Å². The van der Waals surface area contributed by atoms with Gasteiger partial charge in [0.25, 0.3) is 0 Å². The molecule has 2 aromatic carbocycles. The lowest BCUT2D eigenvalue weighted by molar-refractivity contribution is 1.28. The van der Waals surface area contributed by atoms with Crippen LogP contribution in [0.15, 0.2) is 40.3 Å². The van der Waals surface area contributed by atoms with Gasteiger partial charge in [0.15, 0.2) is 0 Å². The van der Waals surface area contributed by atoms with Crippen LogP contribution in [0.25, 0.3) is 0 Å². The smallest absolute Gasteiger partial charge is 0.101 e. The lowest BCUT2D eigenvalue weighted by Gasteiger charge is -2.04. The van der Waals surface area contributed by atoms with E-state index in [1.165, 1.54) is 5.56 Å². The Morgan fingerprint density at radius 3 is 1.65 bits per heavy atom. The number of rotatable bonds is 2. The number of hydrogen-bond acceptors (Lipinski definition) is 2. The number of aliphatic imine (C=N–C) groups is 2. The molecule has 20 heavy (non-hydrogen) atoms. The molecule has 0 saturated heterocycles. The quantitative estimate of drug-likeness (QED) is 0.652. The third kappa shape index (κ3) is 3.04. The molecule has 0 spiro atoms. The van der Waals surface area contributed by atoms with Crippen LogP contribution >= 0.6 is 0 Å². The molecule has 2 nitrogen and oxygen atoms in total. The fourth-order valence-electron chi connectivity index (χ4n) is 2.46. The minimum Gasteiger partial charge on any atom is -0.187 e. The van der Waals surface area contributed by atoms with Crippen molar-refractivity contribution >= 4 is 17.4 Å². The SMILES string of the molecule is Cc1cc(C)c(N=C=Nc2c(C)cccc2C)c(C)c1. The maximum absolute atomic E-state index is 4.41. The Morgan fingerprint density at radius 2 is 1.15 bits per heavy atom. The summed E-state index contributed by atoms with van der Waals surface area (Å²) in [4.78, 5) is 8.80. The molecular formula is C18H20N2. The van der Waals surface area contributed by atoms with E-state index >= 15 is 0 Å². The molecule has 2 rings (SSSR count). The Bertz CT molecular complexity index is 662. The molecule has 0 radical (unpaired) electrons. The van der Waals surface area contributed by atoms with Crippen molar-refractivity contribution in [3.8, 4) is 0 Å². The van der Waals surface area contributed by atoms with Gasteiger partial charge >= 0.3 is 0 Å². The first kappa shape index (κ1) is 14.2. The molecule has 0 saturated carbocycles. The van der Waals surface area contributed by atoms with E-state index in [2.05, 4.69) is 74.9 Å². The largest absolute Gasteiger partial charge is 0.187 e. The topological polar surface area (TPSA) is 24.7 Å². The summed E-state index contributed by atoms with van der Waals surface area (Å²) in [5, 5.41) is 0. The molecule has 0 fully saturated rings. The van der Waals surface area contributed by atoms with Crippen molar-refractivity contribution in [2.24, 2.45) is 9.98 Å². The lowest BCUT2D eigenvalue weighted by atomic mass is 10.1. The number of nitrogens with zero attached hydrogens (tertiary/aromatic N) is 2. The average Bonchev–Trinajstić information content (AvgIpc) is 2.35. The van der Waals surface area contributed by atoms with Crippen molar-refractivity contribution in [1.29, 1.82) is 0 Å². The van der Waals surface area contributed by atoms with Crippen molar-refractivity contribution in [2.75, 3.05) is 0 Å². The second kappa shape index (κ2) is 5.85. The summed E-state index contributed by atoms with van der Waals surface area (Å²) < 4.78 is 0. The Morgan fingerprint density at radius 1 is 0.700 bits per heavy atom. The highest BCUT2D eigenvalue weighted by Gasteiger charge is 2.02. The van der Waals surface area contributed by atoms with Crippen LogP contribution in [-0.4, -0.2) is 6.01 Å². The van der Waals surface area contributed by atoms with Gasteiger partial charge in [-0.25, -0.2) is 0 Å². The van der Waals surface area contributed by atoms with E-state index in [1.54, 1.807) is 0 Å². The zero-order chi connectivity index (χ0) is 14.7. The number of hydrogen-bond donors (Lipinski definition) is 0. The zero-order valence-corrected chi connectivity index (χ0v) is 12.8. The van der Waals surface area contributed by atoms with Crippen molar-refractivity contribution in [3.05, 3.63) is 58.1 Å². The summed E-state index contributed by atoms with van der Waals surface area (Å²) >= 11 is 0. The molecule has 2 aromatic rings. The van der Waals surface area contributed by atoms with Crippen molar-refractivity contribution in [2.45, 2.75) is 34.6 Å². The predicted octanol–water partition coefficient (Wildman–Crippen LogP) is 5.37. The molecular weight excluding hydrogens is 244 g/mol.